The summed E-state index contributed by atoms with van der Waals surface area (Å²) in [5, 5.41) is 4.46. The molecule has 4 rings (SSSR count). The molecule has 0 bridgehead atoms. The summed E-state index contributed by atoms with van der Waals surface area (Å²) in [7, 11) is 0. The molecule has 2 atom stereocenters. The van der Waals surface area contributed by atoms with Crippen molar-refractivity contribution in [2.75, 3.05) is 31.1 Å². The number of rotatable bonds is 2. The summed E-state index contributed by atoms with van der Waals surface area (Å²) < 4.78 is 0. The maximum atomic E-state index is 11.8. The fourth-order valence-electron chi connectivity index (χ4n) is 3.69. The van der Waals surface area contributed by atoms with E-state index in [1.165, 1.54) is 0 Å². The molecule has 1 aromatic carbocycles. The average molecular weight is 282 g/mol. The molecule has 2 saturated heterocycles. The summed E-state index contributed by atoms with van der Waals surface area (Å²) in [6.07, 6.45) is 1.62. The molecule has 0 saturated carbocycles. The standard InChI is InChI=1S/C16H18N4O/c17-16(21)13-7-19-14-4-2-1-3-12(14)15(13)20-8-10-5-18-6-11(10)9-20/h1-4,7,10-11,18H,5-6,8-9H2,(H2,17,21)/t10-,11+. The predicted octanol–water partition coefficient (Wildman–Crippen LogP) is 0.989. The van der Waals surface area contributed by atoms with E-state index in [4.69, 9.17) is 5.73 Å². The lowest BCUT2D eigenvalue weighted by Crippen LogP contribution is -2.28. The number of hydrogen-bond donors (Lipinski definition) is 2. The molecule has 2 fully saturated rings. The third-order valence-electron chi connectivity index (χ3n) is 4.72. The molecule has 5 nitrogen and oxygen atoms in total. The van der Waals surface area contributed by atoms with Crippen LogP contribution in [0, 0.1) is 11.8 Å². The second kappa shape index (κ2) is 4.70. The first-order valence-corrected chi connectivity index (χ1v) is 7.37. The highest BCUT2D eigenvalue weighted by Crippen LogP contribution is 2.36. The second-order valence-corrected chi connectivity index (χ2v) is 5.99. The first-order valence-electron chi connectivity index (χ1n) is 7.37. The quantitative estimate of drug-likeness (QED) is 0.861. The van der Waals surface area contributed by atoms with Crippen LogP contribution in [-0.2, 0) is 0 Å². The number of hydrogen-bond acceptors (Lipinski definition) is 4. The van der Waals surface area contributed by atoms with Crippen molar-refractivity contribution in [3.63, 3.8) is 0 Å². The molecule has 1 aromatic heterocycles. The number of primary amides is 1. The maximum absolute atomic E-state index is 11.8. The van der Waals surface area contributed by atoms with Crippen molar-refractivity contribution in [3.8, 4) is 0 Å². The number of pyridine rings is 1. The topological polar surface area (TPSA) is 71.2 Å². The largest absolute Gasteiger partial charge is 0.370 e. The fourth-order valence-corrected chi connectivity index (χ4v) is 3.69. The highest BCUT2D eigenvalue weighted by Gasteiger charge is 2.37. The van der Waals surface area contributed by atoms with Crippen LogP contribution < -0.4 is 16.0 Å². The number of nitrogens with two attached hydrogens (primary N) is 1. The van der Waals surface area contributed by atoms with Gasteiger partial charge in [0.25, 0.3) is 5.91 Å². The van der Waals surface area contributed by atoms with E-state index in [1.807, 2.05) is 24.3 Å². The molecule has 3 heterocycles. The van der Waals surface area contributed by atoms with E-state index >= 15 is 0 Å². The minimum absolute atomic E-state index is 0.404. The molecule has 2 aromatic rings. The summed E-state index contributed by atoms with van der Waals surface area (Å²) in [5.41, 5.74) is 7.97. The molecule has 0 unspecified atom stereocenters. The number of fused-ring (bicyclic) bond motifs is 2. The highest BCUT2D eigenvalue weighted by molar-refractivity contribution is 6.06. The minimum atomic E-state index is -0.404. The van der Waals surface area contributed by atoms with E-state index in [-0.39, 0.29) is 0 Å². The van der Waals surface area contributed by atoms with Crippen LogP contribution in [0.25, 0.3) is 10.9 Å². The van der Waals surface area contributed by atoms with E-state index in [1.54, 1.807) is 6.20 Å². The Hall–Kier alpha value is -2.14. The zero-order valence-corrected chi connectivity index (χ0v) is 11.7. The molecule has 0 aliphatic carbocycles. The fraction of sp³-hybridized carbons (Fsp3) is 0.375. The monoisotopic (exact) mass is 282 g/mol. The van der Waals surface area contributed by atoms with Crippen LogP contribution in [0.5, 0.6) is 0 Å². The number of nitrogens with one attached hydrogen (secondary N) is 1. The van der Waals surface area contributed by atoms with E-state index in [9.17, 15) is 4.79 Å². The zero-order valence-electron chi connectivity index (χ0n) is 11.7. The SMILES string of the molecule is NC(=O)c1cnc2ccccc2c1N1C[C@H]2CNC[C@H]2C1. The first-order chi connectivity index (χ1) is 10.2. The molecule has 21 heavy (non-hydrogen) atoms. The number of carbonyl (C=O) groups is 1. The molecule has 5 heteroatoms. The van der Waals surface area contributed by atoms with Gasteiger partial charge in [0.1, 0.15) is 0 Å². The molecular weight excluding hydrogens is 264 g/mol. The number of anilines is 1. The Morgan fingerprint density at radius 1 is 1.24 bits per heavy atom. The van der Waals surface area contributed by atoms with Crippen LogP contribution in [0.2, 0.25) is 0 Å². The van der Waals surface area contributed by atoms with Crippen molar-refractivity contribution in [2.24, 2.45) is 17.6 Å². The Morgan fingerprint density at radius 2 is 1.95 bits per heavy atom. The molecule has 0 spiro atoms. The second-order valence-electron chi connectivity index (χ2n) is 5.99. The van der Waals surface area contributed by atoms with Gasteiger partial charge in [0.15, 0.2) is 0 Å². The highest BCUT2D eigenvalue weighted by atomic mass is 16.1. The van der Waals surface area contributed by atoms with Gasteiger partial charge in [0.05, 0.1) is 16.8 Å². The van der Waals surface area contributed by atoms with Gasteiger partial charge in [-0.3, -0.25) is 9.78 Å². The van der Waals surface area contributed by atoms with Crippen LogP contribution in [-0.4, -0.2) is 37.1 Å². The molecular formula is C16H18N4O. The Labute approximate surface area is 123 Å². The van der Waals surface area contributed by atoms with Gasteiger partial charge in [-0.2, -0.15) is 0 Å². The van der Waals surface area contributed by atoms with Gasteiger partial charge in [-0.1, -0.05) is 18.2 Å². The average Bonchev–Trinajstić information content (AvgIpc) is 3.07. The van der Waals surface area contributed by atoms with Crippen molar-refractivity contribution in [3.05, 3.63) is 36.0 Å². The Bertz CT molecular complexity index is 702. The van der Waals surface area contributed by atoms with Crippen molar-refractivity contribution in [2.45, 2.75) is 0 Å². The molecule has 108 valence electrons. The van der Waals surface area contributed by atoms with Gasteiger partial charge >= 0.3 is 0 Å². The molecule has 0 radical (unpaired) electrons. The number of nitrogens with zero attached hydrogens (tertiary/aromatic N) is 2. The van der Waals surface area contributed by atoms with E-state index in [2.05, 4.69) is 15.2 Å². The lowest BCUT2D eigenvalue weighted by molar-refractivity contribution is 0.100. The smallest absolute Gasteiger partial charge is 0.252 e. The summed E-state index contributed by atoms with van der Waals surface area (Å²) in [4.78, 5) is 18.5. The van der Waals surface area contributed by atoms with Crippen LogP contribution in [0.1, 0.15) is 10.4 Å². The number of aromatic nitrogens is 1. The lowest BCUT2D eigenvalue weighted by atomic mass is 10.0. The number of carbonyl (C=O) groups excluding carboxylic acids is 1. The van der Waals surface area contributed by atoms with E-state index < -0.39 is 5.91 Å². The molecule has 2 aliphatic heterocycles. The Balaban J connectivity index is 1.85. The van der Waals surface area contributed by atoms with Gasteiger partial charge < -0.3 is 16.0 Å². The predicted molar refractivity (Wildman–Crippen MR) is 82.3 cm³/mol. The van der Waals surface area contributed by atoms with Crippen molar-refractivity contribution >= 4 is 22.5 Å². The summed E-state index contributed by atoms with van der Waals surface area (Å²) >= 11 is 0. The van der Waals surface area contributed by atoms with Crippen molar-refractivity contribution < 1.29 is 4.79 Å². The van der Waals surface area contributed by atoms with Crippen molar-refractivity contribution in [1.29, 1.82) is 0 Å². The Kier molecular flexibility index (Phi) is 2.82. The van der Waals surface area contributed by atoms with Crippen molar-refractivity contribution in [1.82, 2.24) is 10.3 Å². The Morgan fingerprint density at radius 3 is 2.67 bits per heavy atom. The lowest BCUT2D eigenvalue weighted by Gasteiger charge is -2.23. The van der Waals surface area contributed by atoms with Gasteiger partial charge in [-0.25, -0.2) is 0 Å². The normalized spacial score (nSPS) is 24.5. The van der Waals surface area contributed by atoms with Crippen LogP contribution in [0.15, 0.2) is 30.5 Å². The number of benzene rings is 1. The first kappa shape index (κ1) is 12.6. The number of para-hydroxylation sites is 1. The molecule has 1 amide bonds. The van der Waals surface area contributed by atoms with Gasteiger partial charge in [0, 0.05) is 37.8 Å². The minimum Gasteiger partial charge on any atom is -0.370 e. The summed E-state index contributed by atoms with van der Waals surface area (Å²) in [6, 6.07) is 7.95. The summed E-state index contributed by atoms with van der Waals surface area (Å²) in [5.74, 6) is 0.925. The maximum Gasteiger partial charge on any atom is 0.252 e. The summed E-state index contributed by atoms with van der Waals surface area (Å²) in [6.45, 7) is 4.09. The number of amides is 1. The van der Waals surface area contributed by atoms with E-state index in [0.717, 1.165) is 42.8 Å². The van der Waals surface area contributed by atoms with Gasteiger partial charge in [-0.05, 0) is 17.9 Å². The zero-order chi connectivity index (χ0) is 14.4. The molecule has 2 aliphatic rings. The van der Waals surface area contributed by atoms with Crippen LogP contribution in [0.4, 0.5) is 5.69 Å². The van der Waals surface area contributed by atoms with Gasteiger partial charge in [-0.15, -0.1) is 0 Å². The third kappa shape index (κ3) is 1.96. The van der Waals surface area contributed by atoms with Crippen LogP contribution >= 0.6 is 0 Å². The van der Waals surface area contributed by atoms with Crippen LogP contribution in [0.3, 0.4) is 0 Å². The van der Waals surface area contributed by atoms with E-state index in [0.29, 0.717) is 17.4 Å². The third-order valence-corrected chi connectivity index (χ3v) is 4.72. The molecule has 3 N–H and O–H groups in total. The van der Waals surface area contributed by atoms with Gasteiger partial charge in [0.2, 0.25) is 0 Å².